The zero-order valence-electron chi connectivity index (χ0n) is 14.0. The average molecular weight is 324 g/mol. The first-order valence-electron chi connectivity index (χ1n) is 8.86. The van der Waals surface area contributed by atoms with Gasteiger partial charge in [0, 0.05) is 44.3 Å². The molecule has 0 bridgehead atoms. The highest BCUT2D eigenvalue weighted by Gasteiger charge is 2.39. The zero-order valence-corrected chi connectivity index (χ0v) is 14.0. The summed E-state index contributed by atoms with van der Waals surface area (Å²) in [5, 5.41) is 0. The van der Waals surface area contributed by atoms with E-state index in [0.29, 0.717) is 11.5 Å². The molecule has 4 rings (SSSR count). The summed E-state index contributed by atoms with van der Waals surface area (Å²) in [4.78, 5) is 15.2. The molecule has 4 heterocycles. The minimum absolute atomic E-state index is 0.343. The molecule has 24 heavy (non-hydrogen) atoms. The summed E-state index contributed by atoms with van der Waals surface area (Å²) < 4.78 is 6.24. The summed E-state index contributed by atoms with van der Waals surface area (Å²) >= 11 is 0. The SMILES string of the molecule is c1cnc(N2CCC3(CCC(Cc4cccnc4)OC3)CC2)nc1. The second-order valence-corrected chi connectivity index (χ2v) is 7.07. The van der Waals surface area contributed by atoms with Crippen LogP contribution in [0.1, 0.15) is 31.2 Å². The fraction of sp³-hybridized carbons (Fsp3) is 0.526. The van der Waals surface area contributed by atoms with Gasteiger partial charge >= 0.3 is 0 Å². The topological polar surface area (TPSA) is 51.1 Å². The predicted octanol–water partition coefficient (Wildman–Crippen LogP) is 2.88. The summed E-state index contributed by atoms with van der Waals surface area (Å²) in [5.41, 5.74) is 1.63. The molecule has 1 unspecified atom stereocenters. The molecule has 0 amide bonds. The molecule has 2 fully saturated rings. The zero-order chi connectivity index (χ0) is 16.2. The quantitative estimate of drug-likeness (QED) is 0.869. The van der Waals surface area contributed by atoms with Gasteiger partial charge in [0.25, 0.3) is 0 Å². The van der Waals surface area contributed by atoms with E-state index in [2.05, 4.69) is 25.9 Å². The Labute approximate surface area is 143 Å². The first kappa shape index (κ1) is 15.5. The molecule has 0 N–H and O–H groups in total. The molecule has 2 aliphatic rings. The van der Waals surface area contributed by atoms with Crippen molar-refractivity contribution in [2.75, 3.05) is 24.6 Å². The first-order valence-corrected chi connectivity index (χ1v) is 8.86. The molecule has 2 aromatic heterocycles. The Balaban J connectivity index is 1.30. The molecule has 5 heteroatoms. The van der Waals surface area contributed by atoms with E-state index < -0.39 is 0 Å². The number of hydrogen-bond donors (Lipinski definition) is 0. The Bertz CT molecular complexity index is 631. The van der Waals surface area contributed by atoms with Crippen molar-refractivity contribution in [3.05, 3.63) is 48.5 Å². The highest BCUT2D eigenvalue weighted by molar-refractivity contribution is 5.29. The molecule has 2 aromatic rings. The molecule has 2 aliphatic heterocycles. The number of ether oxygens (including phenoxy) is 1. The molecule has 0 aromatic carbocycles. The molecule has 5 nitrogen and oxygen atoms in total. The highest BCUT2D eigenvalue weighted by atomic mass is 16.5. The van der Waals surface area contributed by atoms with Crippen molar-refractivity contribution >= 4 is 5.95 Å². The van der Waals surface area contributed by atoms with E-state index in [-0.39, 0.29) is 0 Å². The first-order chi connectivity index (χ1) is 11.8. The van der Waals surface area contributed by atoms with Crippen molar-refractivity contribution in [1.29, 1.82) is 0 Å². The maximum atomic E-state index is 6.24. The number of piperidine rings is 1. The van der Waals surface area contributed by atoms with Gasteiger partial charge in [0.05, 0.1) is 12.7 Å². The van der Waals surface area contributed by atoms with Gasteiger partial charge < -0.3 is 9.64 Å². The fourth-order valence-electron chi connectivity index (χ4n) is 3.89. The molecular formula is C19H24N4O. The Morgan fingerprint density at radius 1 is 1.08 bits per heavy atom. The van der Waals surface area contributed by atoms with E-state index in [4.69, 9.17) is 4.74 Å². The van der Waals surface area contributed by atoms with E-state index >= 15 is 0 Å². The molecule has 0 radical (unpaired) electrons. The van der Waals surface area contributed by atoms with E-state index in [1.807, 2.05) is 36.9 Å². The van der Waals surface area contributed by atoms with Gasteiger partial charge in [0.2, 0.25) is 5.95 Å². The molecule has 1 spiro atoms. The standard InChI is InChI=1S/C19H24N4O/c1-3-16(14-20-8-1)13-17-4-5-19(15-24-17)6-11-23(12-7-19)18-21-9-2-10-22-18/h1-3,8-10,14,17H,4-7,11-13,15H2. The second-order valence-electron chi connectivity index (χ2n) is 7.07. The van der Waals surface area contributed by atoms with Crippen LogP contribution in [0.3, 0.4) is 0 Å². The lowest BCUT2D eigenvalue weighted by Crippen LogP contribution is -2.46. The van der Waals surface area contributed by atoms with Crippen LogP contribution in [-0.2, 0) is 11.2 Å². The summed E-state index contributed by atoms with van der Waals surface area (Å²) in [6.45, 7) is 2.95. The van der Waals surface area contributed by atoms with Crippen molar-refractivity contribution in [2.24, 2.45) is 5.41 Å². The van der Waals surface area contributed by atoms with E-state index in [1.54, 1.807) is 0 Å². The third-order valence-electron chi connectivity index (χ3n) is 5.47. The van der Waals surface area contributed by atoms with Gasteiger partial charge in [-0.25, -0.2) is 9.97 Å². The van der Waals surface area contributed by atoms with Crippen LogP contribution in [0.5, 0.6) is 0 Å². The lowest BCUT2D eigenvalue weighted by atomic mass is 9.73. The Morgan fingerprint density at radius 2 is 1.92 bits per heavy atom. The Hall–Kier alpha value is -2.01. The van der Waals surface area contributed by atoms with Crippen LogP contribution in [0.15, 0.2) is 43.0 Å². The van der Waals surface area contributed by atoms with E-state index in [9.17, 15) is 0 Å². The lowest BCUT2D eigenvalue weighted by molar-refractivity contribution is -0.0715. The maximum absolute atomic E-state index is 6.24. The van der Waals surface area contributed by atoms with Gasteiger partial charge in [-0.05, 0) is 48.8 Å². The van der Waals surface area contributed by atoms with Crippen molar-refractivity contribution in [3.63, 3.8) is 0 Å². The van der Waals surface area contributed by atoms with Crippen molar-refractivity contribution < 1.29 is 4.74 Å². The fourth-order valence-corrected chi connectivity index (χ4v) is 3.89. The summed E-state index contributed by atoms with van der Waals surface area (Å²) in [5.74, 6) is 0.860. The van der Waals surface area contributed by atoms with Gasteiger partial charge in [-0.15, -0.1) is 0 Å². The monoisotopic (exact) mass is 324 g/mol. The maximum Gasteiger partial charge on any atom is 0.225 e. The summed E-state index contributed by atoms with van der Waals surface area (Å²) in [7, 11) is 0. The number of pyridine rings is 1. The minimum atomic E-state index is 0.343. The van der Waals surface area contributed by atoms with Gasteiger partial charge in [0.1, 0.15) is 0 Å². The summed E-state index contributed by atoms with van der Waals surface area (Å²) in [6, 6.07) is 6.01. The molecule has 1 atom stereocenters. The number of anilines is 1. The van der Waals surface area contributed by atoms with Crippen LogP contribution in [0.4, 0.5) is 5.95 Å². The normalized spacial score (nSPS) is 23.3. The van der Waals surface area contributed by atoms with E-state index in [0.717, 1.165) is 38.5 Å². The minimum Gasteiger partial charge on any atom is -0.377 e. The van der Waals surface area contributed by atoms with Crippen LogP contribution in [-0.4, -0.2) is 40.8 Å². The summed E-state index contributed by atoms with van der Waals surface area (Å²) in [6.07, 6.45) is 13.5. The number of nitrogens with zero attached hydrogens (tertiary/aromatic N) is 4. The lowest BCUT2D eigenvalue weighted by Gasteiger charge is -2.45. The number of rotatable bonds is 3. The van der Waals surface area contributed by atoms with Crippen molar-refractivity contribution in [1.82, 2.24) is 15.0 Å². The van der Waals surface area contributed by atoms with Gasteiger partial charge in [0.15, 0.2) is 0 Å². The third-order valence-corrected chi connectivity index (χ3v) is 5.47. The van der Waals surface area contributed by atoms with Gasteiger partial charge in [-0.3, -0.25) is 4.98 Å². The largest absolute Gasteiger partial charge is 0.377 e. The van der Waals surface area contributed by atoms with Crippen LogP contribution in [0, 0.1) is 5.41 Å². The second kappa shape index (κ2) is 6.85. The predicted molar refractivity (Wildman–Crippen MR) is 92.8 cm³/mol. The third kappa shape index (κ3) is 3.41. The molecule has 126 valence electrons. The molecule has 0 aliphatic carbocycles. The van der Waals surface area contributed by atoms with E-state index in [1.165, 1.54) is 24.8 Å². The molecule has 2 saturated heterocycles. The molecular weight excluding hydrogens is 300 g/mol. The van der Waals surface area contributed by atoms with Crippen molar-refractivity contribution in [3.8, 4) is 0 Å². The van der Waals surface area contributed by atoms with Crippen LogP contribution < -0.4 is 4.90 Å². The van der Waals surface area contributed by atoms with Gasteiger partial charge in [-0.1, -0.05) is 6.07 Å². The average Bonchev–Trinajstić information content (AvgIpc) is 2.66. The van der Waals surface area contributed by atoms with Crippen molar-refractivity contribution in [2.45, 2.75) is 38.2 Å². The van der Waals surface area contributed by atoms with Crippen LogP contribution in [0.25, 0.3) is 0 Å². The van der Waals surface area contributed by atoms with Crippen LogP contribution >= 0.6 is 0 Å². The molecule has 0 saturated carbocycles. The van der Waals surface area contributed by atoms with Gasteiger partial charge in [-0.2, -0.15) is 0 Å². The van der Waals surface area contributed by atoms with Crippen LogP contribution in [0.2, 0.25) is 0 Å². The number of aromatic nitrogens is 3. The Kier molecular flexibility index (Phi) is 4.43. The smallest absolute Gasteiger partial charge is 0.225 e. The number of hydrogen-bond acceptors (Lipinski definition) is 5. The highest BCUT2D eigenvalue weighted by Crippen LogP contribution is 2.41. The Morgan fingerprint density at radius 3 is 2.58 bits per heavy atom.